The molecule has 1 aliphatic rings. The van der Waals surface area contributed by atoms with E-state index in [1.165, 1.54) is 6.92 Å². The van der Waals surface area contributed by atoms with Gasteiger partial charge in [-0.15, -0.1) is 0 Å². The van der Waals surface area contributed by atoms with Gasteiger partial charge in [0.05, 0.1) is 12.2 Å². The lowest BCUT2D eigenvalue weighted by atomic mass is 10.0. The van der Waals surface area contributed by atoms with E-state index in [-0.39, 0.29) is 17.2 Å². The lowest BCUT2D eigenvalue weighted by molar-refractivity contribution is -0.190. The van der Waals surface area contributed by atoms with E-state index < -0.39 is 50.0 Å². The van der Waals surface area contributed by atoms with Gasteiger partial charge in [-0.2, -0.15) is 0 Å². The Labute approximate surface area is 195 Å². The Morgan fingerprint density at radius 1 is 1.06 bits per heavy atom. The normalized spacial score (nSPS) is 22.3. The minimum Gasteiger partial charge on any atom is -0.457 e. The Kier molecular flexibility index (Phi) is 9.33. The third kappa shape index (κ3) is 7.40. The van der Waals surface area contributed by atoms with Gasteiger partial charge in [-0.3, -0.25) is 4.79 Å². The Hall–Kier alpha value is -1.22. The predicted octanol–water partition coefficient (Wildman–Crippen LogP) is 5.14. The van der Waals surface area contributed by atoms with E-state index in [1.807, 2.05) is 13.8 Å². The van der Waals surface area contributed by atoms with Crippen LogP contribution in [0.25, 0.3) is 0 Å². The van der Waals surface area contributed by atoms with Crippen LogP contribution < -0.4 is 0 Å². The summed E-state index contributed by atoms with van der Waals surface area (Å²) in [7, 11) is -2.07. The Bertz CT molecular complexity index is 683. The minimum atomic E-state index is -2.07. The fourth-order valence-corrected chi connectivity index (χ4v) is 4.16. The molecule has 0 aromatic heterocycles. The summed E-state index contributed by atoms with van der Waals surface area (Å²) < 4.78 is 30.1. The average Bonchev–Trinajstić information content (AvgIpc) is 3.01. The summed E-state index contributed by atoms with van der Waals surface area (Å²) in [6.45, 7) is 25.5. The fourth-order valence-electron chi connectivity index (χ4n) is 3.15. The fraction of sp³-hybridized carbons (Fsp3) is 0.833. The highest BCUT2D eigenvalue weighted by Gasteiger charge is 2.52. The molecule has 1 saturated heterocycles. The van der Waals surface area contributed by atoms with E-state index >= 15 is 0 Å². The van der Waals surface area contributed by atoms with Crippen LogP contribution in [0.1, 0.15) is 75.2 Å². The maximum absolute atomic E-state index is 12.8. The lowest BCUT2D eigenvalue weighted by Gasteiger charge is -2.37. The first kappa shape index (κ1) is 28.8. The molecular formula is C24H44O7Si. The van der Waals surface area contributed by atoms with Crippen LogP contribution >= 0.6 is 0 Å². The largest absolute Gasteiger partial charge is 0.457 e. The Morgan fingerprint density at radius 3 is 2.00 bits per heavy atom. The molecule has 186 valence electrons. The van der Waals surface area contributed by atoms with Gasteiger partial charge in [0.1, 0.15) is 17.8 Å². The van der Waals surface area contributed by atoms with E-state index in [0.717, 1.165) is 0 Å². The number of hydrogen-bond donors (Lipinski definition) is 0. The summed E-state index contributed by atoms with van der Waals surface area (Å²) in [6.07, 6.45) is -1.13. The van der Waals surface area contributed by atoms with Crippen LogP contribution in [-0.2, 0) is 33.0 Å². The lowest BCUT2D eigenvalue weighted by Crippen LogP contribution is -2.47. The van der Waals surface area contributed by atoms with Crippen molar-refractivity contribution in [3.05, 3.63) is 12.2 Å². The summed E-state index contributed by atoms with van der Waals surface area (Å²) in [6, 6.07) is 0. The predicted molar refractivity (Wildman–Crippen MR) is 127 cm³/mol. The van der Waals surface area contributed by atoms with Crippen molar-refractivity contribution in [2.75, 3.05) is 6.61 Å². The second-order valence-electron chi connectivity index (χ2n) is 11.0. The molecule has 3 atom stereocenters. The van der Waals surface area contributed by atoms with E-state index in [1.54, 1.807) is 20.8 Å². The van der Waals surface area contributed by atoms with Crippen molar-refractivity contribution in [3.8, 4) is 0 Å². The van der Waals surface area contributed by atoms with Crippen molar-refractivity contribution in [1.82, 2.24) is 0 Å². The molecule has 1 rings (SSSR count). The number of hydrogen-bond acceptors (Lipinski definition) is 7. The first-order valence-electron chi connectivity index (χ1n) is 11.5. The standard InChI is InChI=1S/C24H44O7Si/c1-13-24(14-2)29-18(15-27-32(11,12)23(8,9)10)20(30-24)19(28-17(4)25)16(3)21(26)31-22(5,6)7/h18-20H,3,13-15H2,1-2,4-12H3. The molecule has 32 heavy (non-hydrogen) atoms. The molecule has 8 heteroatoms. The highest BCUT2D eigenvalue weighted by Crippen LogP contribution is 2.41. The van der Waals surface area contributed by atoms with E-state index in [4.69, 9.17) is 23.4 Å². The van der Waals surface area contributed by atoms with E-state index in [2.05, 4.69) is 40.4 Å². The first-order valence-corrected chi connectivity index (χ1v) is 14.4. The summed E-state index contributed by atoms with van der Waals surface area (Å²) in [5.74, 6) is -2.03. The van der Waals surface area contributed by atoms with Gasteiger partial charge in [-0.1, -0.05) is 41.2 Å². The van der Waals surface area contributed by atoms with Crippen LogP contribution in [0.4, 0.5) is 0 Å². The zero-order valence-electron chi connectivity index (χ0n) is 21.9. The van der Waals surface area contributed by atoms with Crippen LogP contribution in [0.2, 0.25) is 18.1 Å². The van der Waals surface area contributed by atoms with Gasteiger partial charge in [0.25, 0.3) is 0 Å². The third-order valence-corrected chi connectivity index (χ3v) is 10.7. The molecule has 3 unspecified atom stereocenters. The van der Waals surface area contributed by atoms with Crippen molar-refractivity contribution in [2.45, 2.75) is 123 Å². The van der Waals surface area contributed by atoms with Crippen molar-refractivity contribution in [3.63, 3.8) is 0 Å². The summed E-state index contributed by atoms with van der Waals surface area (Å²) in [5.41, 5.74) is -0.695. The van der Waals surface area contributed by atoms with Gasteiger partial charge in [0.15, 0.2) is 20.2 Å². The molecule has 0 spiro atoms. The maximum atomic E-state index is 12.8. The maximum Gasteiger partial charge on any atom is 0.337 e. The zero-order valence-corrected chi connectivity index (χ0v) is 22.9. The molecule has 1 aliphatic heterocycles. The van der Waals surface area contributed by atoms with Crippen LogP contribution in [0.3, 0.4) is 0 Å². The van der Waals surface area contributed by atoms with Gasteiger partial charge in [-0.25, -0.2) is 4.79 Å². The smallest absolute Gasteiger partial charge is 0.337 e. The quantitative estimate of drug-likeness (QED) is 0.261. The number of rotatable bonds is 9. The highest BCUT2D eigenvalue weighted by molar-refractivity contribution is 6.74. The average molecular weight is 473 g/mol. The monoisotopic (exact) mass is 472 g/mol. The van der Waals surface area contributed by atoms with Gasteiger partial charge in [-0.05, 0) is 51.7 Å². The zero-order chi connectivity index (χ0) is 25.1. The number of carbonyl (C=O) groups is 2. The van der Waals surface area contributed by atoms with E-state index in [9.17, 15) is 9.59 Å². The van der Waals surface area contributed by atoms with E-state index in [0.29, 0.717) is 12.8 Å². The van der Waals surface area contributed by atoms with Gasteiger partial charge >= 0.3 is 11.9 Å². The minimum absolute atomic E-state index is 0.0176. The number of carbonyl (C=O) groups excluding carboxylic acids is 2. The Balaban J connectivity index is 3.27. The third-order valence-electron chi connectivity index (χ3n) is 6.17. The Morgan fingerprint density at radius 2 is 1.59 bits per heavy atom. The summed E-state index contributed by atoms with van der Waals surface area (Å²) in [4.78, 5) is 24.7. The highest BCUT2D eigenvalue weighted by atomic mass is 28.4. The molecule has 0 N–H and O–H groups in total. The summed E-state index contributed by atoms with van der Waals surface area (Å²) in [5, 5.41) is 0.0178. The van der Waals surface area contributed by atoms with Crippen LogP contribution in [-0.4, -0.2) is 56.6 Å². The van der Waals surface area contributed by atoms with Crippen LogP contribution in [0.5, 0.6) is 0 Å². The molecule has 0 radical (unpaired) electrons. The van der Waals surface area contributed by atoms with Gasteiger partial charge < -0.3 is 23.4 Å². The molecular weight excluding hydrogens is 428 g/mol. The number of ether oxygens (including phenoxy) is 4. The van der Waals surface area contributed by atoms with Crippen LogP contribution in [0, 0.1) is 0 Å². The molecule has 0 saturated carbocycles. The molecule has 0 aromatic carbocycles. The molecule has 7 nitrogen and oxygen atoms in total. The molecule has 0 aromatic rings. The van der Waals surface area contributed by atoms with Crippen molar-refractivity contribution >= 4 is 20.3 Å². The second-order valence-corrected chi connectivity index (χ2v) is 15.8. The van der Waals surface area contributed by atoms with Gasteiger partial charge in [0.2, 0.25) is 0 Å². The first-order chi connectivity index (χ1) is 14.4. The molecule has 0 bridgehead atoms. The van der Waals surface area contributed by atoms with Crippen LogP contribution in [0.15, 0.2) is 12.2 Å². The molecule has 0 aliphatic carbocycles. The molecule has 1 fully saturated rings. The number of esters is 2. The molecule has 1 heterocycles. The van der Waals surface area contributed by atoms with Crippen molar-refractivity contribution in [2.24, 2.45) is 0 Å². The topological polar surface area (TPSA) is 80.3 Å². The summed E-state index contributed by atoms with van der Waals surface area (Å²) >= 11 is 0. The molecule has 0 amide bonds. The second kappa shape index (κ2) is 10.4. The SMILES string of the molecule is C=C(C(=O)OC(C)(C)C)C(OC(C)=O)C1OC(CC)(CC)OC1CO[Si](C)(C)C(C)(C)C. The van der Waals surface area contributed by atoms with Crippen molar-refractivity contribution < 1.29 is 33.0 Å². The van der Waals surface area contributed by atoms with Crippen molar-refractivity contribution in [1.29, 1.82) is 0 Å². The van der Waals surface area contributed by atoms with Gasteiger partial charge in [0, 0.05) is 6.92 Å².